The van der Waals surface area contributed by atoms with E-state index in [2.05, 4.69) is 24.2 Å². The van der Waals surface area contributed by atoms with Crippen LogP contribution in [-0.2, 0) is 0 Å². The minimum Gasteiger partial charge on any atom is -0.320 e. The SMILES string of the molecule is CNCCCCCN(C)C(C)c1ccccc1F. The molecule has 1 N–H and O–H groups in total. The third-order valence-electron chi connectivity index (χ3n) is 3.45. The molecule has 1 unspecified atom stereocenters. The number of hydrogen-bond donors (Lipinski definition) is 1. The second kappa shape index (κ2) is 8.22. The maximum absolute atomic E-state index is 13.7. The Bertz CT molecular complexity index is 341. The Balaban J connectivity index is 2.37. The molecule has 0 saturated carbocycles. The molecule has 0 aromatic heterocycles. The highest BCUT2D eigenvalue weighted by Crippen LogP contribution is 2.21. The van der Waals surface area contributed by atoms with Gasteiger partial charge in [-0.15, -0.1) is 0 Å². The van der Waals surface area contributed by atoms with Crippen LogP contribution in [0.5, 0.6) is 0 Å². The number of unbranched alkanes of at least 4 members (excludes halogenated alkanes) is 2. The number of benzene rings is 1. The first-order valence-corrected chi connectivity index (χ1v) is 6.76. The van der Waals surface area contributed by atoms with Gasteiger partial charge in [0, 0.05) is 11.6 Å². The third-order valence-corrected chi connectivity index (χ3v) is 3.45. The molecule has 3 heteroatoms. The van der Waals surface area contributed by atoms with Gasteiger partial charge in [-0.1, -0.05) is 24.6 Å². The summed E-state index contributed by atoms with van der Waals surface area (Å²) >= 11 is 0. The van der Waals surface area contributed by atoms with E-state index in [1.807, 2.05) is 19.2 Å². The molecule has 0 saturated heterocycles. The molecule has 0 aliphatic carbocycles. The molecule has 102 valence electrons. The van der Waals surface area contributed by atoms with Crippen LogP contribution >= 0.6 is 0 Å². The van der Waals surface area contributed by atoms with Crippen molar-refractivity contribution in [2.24, 2.45) is 0 Å². The van der Waals surface area contributed by atoms with E-state index in [1.165, 1.54) is 18.9 Å². The lowest BCUT2D eigenvalue weighted by Gasteiger charge is -2.25. The molecule has 1 atom stereocenters. The maximum atomic E-state index is 13.7. The van der Waals surface area contributed by atoms with Crippen molar-refractivity contribution in [1.82, 2.24) is 10.2 Å². The van der Waals surface area contributed by atoms with Crippen LogP contribution in [-0.4, -0.2) is 32.1 Å². The maximum Gasteiger partial charge on any atom is 0.127 e. The van der Waals surface area contributed by atoms with Crippen molar-refractivity contribution in [1.29, 1.82) is 0 Å². The summed E-state index contributed by atoms with van der Waals surface area (Å²) in [6, 6.07) is 7.18. The largest absolute Gasteiger partial charge is 0.320 e. The van der Waals surface area contributed by atoms with E-state index in [-0.39, 0.29) is 11.9 Å². The predicted octanol–water partition coefficient (Wildman–Crippen LogP) is 3.21. The molecular formula is C15H25FN2. The Morgan fingerprint density at radius 2 is 1.94 bits per heavy atom. The molecule has 0 amide bonds. The fourth-order valence-corrected chi connectivity index (χ4v) is 2.08. The molecule has 0 fully saturated rings. The molecule has 2 nitrogen and oxygen atoms in total. The highest BCUT2D eigenvalue weighted by atomic mass is 19.1. The zero-order chi connectivity index (χ0) is 13.4. The van der Waals surface area contributed by atoms with E-state index >= 15 is 0 Å². The van der Waals surface area contributed by atoms with E-state index < -0.39 is 0 Å². The normalized spacial score (nSPS) is 12.9. The molecule has 0 aliphatic rings. The Hall–Kier alpha value is -0.930. The van der Waals surface area contributed by atoms with E-state index in [1.54, 1.807) is 6.07 Å². The lowest BCUT2D eigenvalue weighted by molar-refractivity contribution is 0.250. The van der Waals surface area contributed by atoms with Crippen LogP contribution in [0.2, 0.25) is 0 Å². The molecule has 1 rings (SSSR count). The first-order valence-electron chi connectivity index (χ1n) is 6.76. The number of halogens is 1. The summed E-state index contributed by atoms with van der Waals surface area (Å²) in [6.07, 6.45) is 3.59. The first-order chi connectivity index (χ1) is 8.66. The molecule has 1 aromatic rings. The molecule has 1 aromatic carbocycles. The van der Waals surface area contributed by atoms with Crippen molar-refractivity contribution in [2.75, 3.05) is 27.2 Å². The van der Waals surface area contributed by atoms with E-state index in [4.69, 9.17) is 0 Å². The van der Waals surface area contributed by atoms with Gasteiger partial charge in [-0.25, -0.2) is 4.39 Å². The van der Waals surface area contributed by atoms with E-state index in [0.29, 0.717) is 0 Å². The molecule has 0 spiro atoms. The molecule has 0 aliphatic heterocycles. The van der Waals surface area contributed by atoms with Crippen molar-refractivity contribution in [2.45, 2.75) is 32.2 Å². The standard InChI is InChI=1S/C15H25FN2/c1-13(14-9-5-6-10-15(14)16)18(3)12-8-4-7-11-17-2/h5-6,9-10,13,17H,4,7-8,11-12H2,1-3H3. The molecule has 0 heterocycles. The fraction of sp³-hybridized carbons (Fsp3) is 0.600. The summed E-state index contributed by atoms with van der Waals surface area (Å²) in [5.74, 6) is -0.105. The van der Waals surface area contributed by atoms with Crippen LogP contribution < -0.4 is 5.32 Å². The van der Waals surface area contributed by atoms with Crippen LogP contribution in [0.15, 0.2) is 24.3 Å². The zero-order valence-corrected chi connectivity index (χ0v) is 11.7. The summed E-state index contributed by atoms with van der Waals surface area (Å²) in [6.45, 7) is 4.15. The second-order valence-corrected chi connectivity index (χ2v) is 4.84. The lowest BCUT2D eigenvalue weighted by atomic mass is 10.1. The highest BCUT2D eigenvalue weighted by molar-refractivity contribution is 5.20. The van der Waals surface area contributed by atoms with Crippen LogP contribution in [0.3, 0.4) is 0 Å². The van der Waals surface area contributed by atoms with Crippen LogP contribution in [0, 0.1) is 5.82 Å². The molecule has 18 heavy (non-hydrogen) atoms. The minimum absolute atomic E-state index is 0.105. The zero-order valence-electron chi connectivity index (χ0n) is 11.7. The summed E-state index contributed by atoms with van der Waals surface area (Å²) in [7, 11) is 4.04. The van der Waals surface area contributed by atoms with Gasteiger partial charge in [-0.05, 0) is 53.0 Å². The molecule has 0 bridgehead atoms. The van der Waals surface area contributed by atoms with Gasteiger partial charge in [0.15, 0.2) is 0 Å². The van der Waals surface area contributed by atoms with Gasteiger partial charge in [0.05, 0.1) is 0 Å². The molecule has 0 radical (unpaired) electrons. The average Bonchev–Trinajstić information content (AvgIpc) is 2.38. The van der Waals surface area contributed by atoms with Gasteiger partial charge in [0.2, 0.25) is 0 Å². The third kappa shape index (κ3) is 4.75. The van der Waals surface area contributed by atoms with Gasteiger partial charge >= 0.3 is 0 Å². The number of hydrogen-bond acceptors (Lipinski definition) is 2. The monoisotopic (exact) mass is 252 g/mol. The Morgan fingerprint density at radius 3 is 2.61 bits per heavy atom. The van der Waals surface area contributed by atoms with Crippen LogP contribution in [0.1, 0.15) is 37.8 Å². The van der Waals surface area contributed by atoms with E-state index in [9.17, 15) is 4.39 Å². The average molecular weight is 252 g/mol. The van der Waals surface area contributed by atoms with Crippen molar-refractivity contribution in [3.8, 4) is 0 Å². The number of nitrogens with one attached hydrogen (secondary N) is 1. The first kappa shape index (κ1) is 15.1. The van der Waals surface area contributed by atoms with Gasteiger partial charge in [-0.3, -0.25) is 4.90 Å². The van der Waals surface area contributed by atoms with Gasteiger partial charge in [0.25, 0.3) is 0 Å². The fourth-order valence-electron chi connectivity index (χ4n) is 2.08. The Kier molecular flexibility index (Phi) is 6.91. The summed E-state index contributed by atoms with van der Waals surface area (Å²) < 4.78 is 13.7. The van der Waals surface area contributed by atoms with Crippen molar-refractivity contribution in [3.63, 3.8) is 0 Å². The predicted molar refractivity (Wildman–Crippen MR) is 75.2 cm³/mol. The Labute approximate surface area is 110 Å². The van der Waals surface area contributed by atoms with Crippen molar-refractivity contribution >= 4 is 0 Å². The van der Waals surface area contributed by atoms with Gasteiger partial charge in [-0.2, -0.15) is 0 Å². The van der Waals surface area contributed by atoms with Gasteiger partial charge in [0.1, 0.15) is 5.82 Å². The Morgan fingerprint density at radius 1 is 1.22 bits per heavy atom. The summed E-state index contributed by atoms with van der Waals surface area (Å²) in [5, 5.41) is 3.15. The van der Waals surface area contributed by atoms with Crippen LogP contribution in [0.4, 0.5) is 4.39 Å². The number of nitrogens with zero attached hydrogens (tertiary/aromatic N) is 1. The smallest absolute Gasteiger partial charge is 0.127 e. The number of rotatable bonds is 8. The highest BCUT2D eigenvalue weighted by Gasteiger charge is 2.14. The topological polar surface area (TPSA) is 15.3 Å². The lowest BCUT2D eigenvalue weighted by Crippen LogP contribution is -2.24. The van der Waals surface area contributed by atoms with Crippen LogP contribution in [0.25, 0.3) is 0 Å². The van der Waals surface area contributed by atoms with E-state index in [0.717, 1.165) is 25.1 Å². The van der Waals surface area contributed by atoms with Crippen molar-refractivity contribution < 1.29 is 4.39 Å². The van der Waals surface area contributed by atoms with Gasteiger partial charge < -0.3 is 5.32 Å². The summed E-state index contributed by atoms with van der Waals surface area (Å²) in [5.41, 5.74) is 0.787. The second-order valence-electron chi connectivity index (χ2n) is 4.84. The minimum atomic E-state index is -0.105. The molecular weight excluding hydrogens is 227 g/mol. The quantitative estimate of drug-likeness (QED) is 0.715. The van der Waals surface area contributed by atoms with Crippen molar-refractivity contribution in [3.05, 3.63) is 35.6 Å². The summed E-state index contributed by atoms with van der Waals surface area (Å²) in [4.78, 5) is 2.22.